The lowest BCUT2D eigenvalue weighted by Gasteiger charge is -2.22. The average Bonchev–Trinajstić information content (AvgIpc) is 3.63. The molecule has 0 saturated heterocycles. The Hall–Kier alpha value is -4.58. The molecule has 0 bridgehead atoms. The highest BCUT2D eigenvalue weighted by atomic mass is 16.7. The normalized spacial score (nSPS) is 11.3. The first-order chi connectivity index (χ1) is 19.7. The van der Waals surface area contributed by atoms with Crippen molar-refractivity contribution in [2.45, 2.75) is 65.9 Å². The van der Waals surface area contributed by atoms with E-state index in [1.165, 1.54) is 13.8 Å². The van der Waals surface area contributed by atoms with Gasteiger partial charge in [0.1, 0.15) is 18.0 Å². The topological polar surface area (TPSA) is 154 Å². The number of ether oxygens (including phenoxy) is 3. The zero-order chi connectivity index (χ0) is 29.4. The lowest BCUT2D eigenvalue weighted by atomic mass is 9.98. The van der Waals surface area contributed by atoms with E-state index >= 15 is 0 Å². The van der Waals surface area contributed by atoms with Crippen LogP contribution in [-0.2, 0) is 39.6 Å². The third-order valence-electron chi connectivity index (χ3n) is 6.30. The fraction of sp³-hybridized carbons (Fsp3) is 0.379. The number of aryl methyl sites for hydroxylation is 1. The van der Waals surface area contributed by atoms with Crippen molar-refractivity contribution in [3.8, 4) is 22.5 Å². The minimum Gasteiger partial charge on any atom is -0.456 e. The van der Waals surface area contributed by atoms with E-state index in [9.17, 15) is 14.7 Å². The SMILES string of the molecule is CCCCc1nc(C(=O)OCc2ccc(-c3ccccc3-c3nn[nH]n3)cc2)c(C(C)(C)O)n1COC(=O)OCC. The van der Waals surface area contributed by atoms with Gasteiger partial charge < -0.3 is 19.3 Å². The van der Waals surface area contributed by atoms with Crippen LogP contribution in [0.1, 0.15) is 68.1 Å². The molecule has 0 atom stereocenters. The van der Waals surface area contributed by atoms with E-state index in [1.807, 2.05) is 55.5 Å². The van der Waals surface area contributed by atoms with Crippen molar-refractivity contribution >= 4 is 12.1 Å². The number of nitrogens with one attached hydrogen (secondary N) is 1. The van der Waals surface area contributed by atoms with Crippen LogP contribution in [-0.4, -0.2) is 54.0 Å². The second-order valence-electron chi connectivity index (χ2n) is 9.83. The van der Waals surface area contributed by atoms with Crippen LogP contribution < -0.4 is 0 Å². The zero-order valence-corrected chi connectivity index (χ0v) is 23.6. The smallest absolute Gasteiger partial charge is 0.456 e. The quantitative estimate of drug-likeness (QED) is 0.230. The number of hydrogen-bond acceptors (Lipinski definition) is 10. The van der Waals surface area contributed by atoms with Crippen LogP contribution >= 0.6 is 0 Å². The van der Waals surface area contributed by atoms with Crippen molar-refractivity contribution in [2.24, 2.45) is 0 Å². The summed E-state index contributed by atoms with van der Waals surface area (Å²) in [5.41, 5.74) is 2.17. The summed E-state index contributed by atoms with van der Waals surface area (Å²) in [4.78, 5) is 29.6. The van der Waals surface area contributed by atoms with Crippen molar-refractivity contribution in [3.05, 3.63) is 71.3 Å². The molecule has 0 aliphatic heterocycles. The van der Waals surface area contributed by atoms with Gasteiger partial charge in [0.05, 0.1) is 12.3 Å². The first-order valence-corrected chi connectivity index (χ1v) is 13.4. The fourth-order valence-electron chi connectivity index (χ4n) is 4.41. The molecule has 41 heavy (non-hydrogen) atoms. The number of unbranched alkanes of at least 4 members (excludes halogenated alkanes) is 1. The lowest BCUT2D eigenvalue weighted by Crippen LogP contribution is -2.26. The molecular formula is C29H34N6O6. The number of tetrazole rings is 1. The van der Waals surface area contributed by atoms with Gasteiger partial charge in [0, 0.05) is 12.0 Å². The standard InChI is InChI=1S/C29H34N6O6/c1-5-7-12-23-30-24(25(29(3,4)38)35(23)18-41-28(37)39-6-2)27(36)40-17-19-13-15-20(16-14-19)21-10-8-9-11-22(21)26-31-33-34-32-26/h8-11,13-16,38H,5-7,12,17-18H2,1-4H3,(H,31,32,33,34). The van der Waals surface area contributed by atoms with Crippen LogP contribution in [0, 0.1) is 0 Å². The van der Waals surface area contributed by atoms with Gasteiger partial charge in [-0.25, -0.2) is 14.6 Å². The Labute approximate surface area is 237 Å². The number of carbonyl (C=O) groups is 2. The molecule has 4 rings (SSSR count). The third-order valence-corrected chi connectivity index (χ3v) is 6.30. The maximum Gasteiger partial charge on any atom is 0.510 e. The number of nitrogens with zero attached hydrogens (tertiary/aromatic N) is 5. The van der Waals surface area contributed by atoms with Gasteiger partial charge in [0.25, 0.3) is 0 Å². The summed E-state index contributed by atoms with van der Waals surface area (Å²) < 4.78 is 17.2. The van der Waals surface area contributed by atoms with Crippen molar-refractivity contribution in [1.29, 1.82) is 0 Å². The number of aromatic nitrogens is 6. The van der Waals surface area contributed by atoms with Gasteiger partial charge in [0.2, 0.25) is 5.82 Å². The van der Waals surface area contributed by atoms with E-state index in [4.69, 9.17) is 14.2 Å². The molecule has 2 heterocycles. The van der Waals surface area contributed by atoms with Gasteiger partial charge in [-0.3, -0.25) is 4.57 Å². The minimum atomic E-state index is -1.47. The molecule has 0 unspecified atom stereocenters. The third kappa shape index (κ3) is 7.14. The Kier molecular flexibility index (Phi) is 9.45. The highest BCUT2D eigenvalue weighted by Gasteiger charge is 2.33. The first kappa shape index (κ1) is 29.4. The Balaban J connectivity index is 1.53. The van der Waals surface area contributed by atoms with Gasteiger partial charge >= 0.3 is 12.1 Å². The van der Waals surface area contributed by atoms with Gasteiger partial charge in [-0.15, -0.1) is 10.2 Å². The lowest BCUT2D eigenvalue weighted by molar-refractivity contribution is 0.0235. The van der Waals surface area contributed by atoms with Crippen molar-refractivity contribution in [1.82, 2.24) is 30.2 Å². The van der Waals surface area contributed by atoms with Crippen LogP contribution in [0.15, 0.2) is 48.5 Å². The molecule has 2 aromatic carbocycles. The number of H-pyrrole nitrogens is 1. The number of rotatable bonds is 12. The molecular weight excluding hydrogens is 528 g/mol. The van der Waals surface area contributed by atoms with Gasteiger partial charge in [-0.1, -0.05) is 61.9 Å². The molecule has 0 fully saturated rings. The Bertz CT molecular complexity index is 1460. The molecule has 2 N–H and O–H groups in total. The summed E-state index contributed by atoms with van der Waals surface area (Å²) in [7, 11) is 0. The molecule has 0 spiro atoms. The van der Waals surface area contributed by atoms with Gasteiger partial charge in [-0.2, -0.15) is 5.21 Å². The molecule has 0 aliphatic rings. The zero-order valence-electron chi connectivity index (χ0n) is 23.6. The Morgan fingerprint density at radius 3 is 2.37 bits per heavy atom. The summed E-state index contributed by atoms with van der Waals surface area (Å²) in [6.45, 7) is 6.67. The second kappa shape index (κ2) is 13.2. The van der Waals surface area contributed by atoms with E-state index in [2.05, 4.69) is 25.6 Å². The van der Waals surface area contributed by atoms with Crippen LogP contribution in [0.2, 0.25) is 0 Å². The highest BCUT2D eigenvalue weighted by molar-refractivity contribution is 5.89. The number of benzene rings is 2. The van der Waals surface area contributed by atoms with Crippen molar-refractivity contribution in [3.63, 3.8) is 0 Å². The van der Waals surface area contributed by atoms with E-state index < -0.39 is 17.7 Å². The minimum absolute atomic E-state index is 0.00657. The van der Waals surface area contributed by atoms with E-state index in [0.717, 1.165) is 35.1 Å². The number of carbonyl (C=O) groups excluding carboxylic acids is 2. The second-order valence-corrected chi connectivity index (χ2v) is 9.83. The molecule has 0 saturated carbocycles. The summed E-state index contributed by atoms with van der Waals surface area (Å²) in [5.74, 6) is 0.303. The Morgan fingerprint density at radius 2 is 1.73 bits per heavy atom. The van der Waals surface area contributed by atoms with Crippen LogP contribution in [0.5, 0.6) is 0 Å². The van der Waals surface area contributed by atoms with Crippen LogP contribution in [0.3, 0.4) is 0 Å². The number of hydrogen-bond donors (Lipinski definition) is 2. The average molecular weight is 563 g/mol. The maximum atomic E-state index is 13.3. The highest BCUT2D eigenvalue weighted by Crippen LogP contribution is 2.30. The van der Waals surface area contributed by atoms with Crippen LogP contribution in [0.25, 0.3) is 22.5 Å². The molecule has 0 aliphatic carbocycles. The predicted molar refractivity (Wildman–Crippen MR) is 148 cm³/mol. The molecule has 4 aromatic rings. The molecule has 2 aromatic heterocycles. The summed E-state index contributed by atoms with van der Waals surface area (Å²) >= 11 is 0. The van der Waals surface area contributed by atoms with E-state index in [-0.39, 0.29) is 31.3 Å². The van der Waals surface area contributed by atoms with Crippen molar-refractivity contribution in [2.75, 3.05) is 6.61 Å². The summed E-state index contributed by atoms with van der Waals surface area (Å²) in [6, 6.07) is 15.3. The van der Waals surface area contributed by atoms with Gasteiger partial charge in [-0.05, 0) is 49.1 Å². The number of imidazole rings is 1. The molecule has 0 amide bonds. The first-order valence-electron chi connectivity index (χ1n) is 13.4. The monoisotopic (exact) mass is 562 g/mol. The summed E-state index contributed by atoms with van der Waals surface area (Å²) in [5, 5.41) is 25.3. The maximum absolute atomic E-state index is 13.3. The number of aliphatic hydroxyl groups is 1. The molecule has 0 radical (unpaired) electrons. The van der Waals surface area contributed by atoms with E-state index in [1.54, 1.807) is 11.5 Å². The fourth-order valence-corrected chi connectivity index (χ4v) is 4.41. The summed E-state index contributed by atoms with van der Waals surface area (Å²) in [6.07, 6.45) is 1.35. The molecule has 216 valence electrons. The number of aromatic amines is 1. The van der Waals surface area contributed by atoms with E-state index in [0.29, 0.717) is 18.1 Å². The Morgan fingerprint density at radius 1 is 1.00 bits per heavy atom. The van der Waals surface area contributed by atoms with Gasteiger partial charge in [0.15, 0.2) is 12.4 Å². The van der Waals surface area contributed by atoms with Crippen molar-refractivity contribution < 1.29 is 28.9 Å². The molecule has 12 nitrogen and oxygen atoms in total. The largest absolute Gasteiger partial charge is 0.510 e. The number of esters is 1. The van der Waals surface area contributed by atoms with Crippen LogP contribution in [0.4, 0.5) is 4.79 Å². The predicted octanol–water partition coefficient (Wildman–Crippen LogP) is 4.79. The molecule has 12 heteroatoms.